The Morgan fingerprint density at radius 2 is 0.849 bits per heavy atom. The smallest absolute Gasteiger partial charge is 0.394 e. The van der Waals surface area contributed by atoms with E-state index in [1.807, 2.05) is 13.8 Å². The van der Waals surface area contributed by atoms with Gasteiger partial charge in [-0.2, -0.15) is 0 Å². The van der Waals surface area contributed by atoms with E-state index in [0.29, 0.717) is 122 Å². The van der Waals surface area contributed by atoms with E-state index >= 15 is 0 Å². The number of carbonyl (C=O) groups is 8. The lowest BCUT2D eigenvalue weighted by Crippen LogP contribution is -2.59. The third kappa shape index (κ3) is 38.9. The van der Waals surface area contributed by atoms with E-state index in [1.54, 1.807) is 20.8 Å². The van der Waals surface area contributed by atoms with Gasteiger partial charge in [0.2, 0.25) is 17.7 Å². The molecule has 119 heavy (non-hydrogen) atoms. The predicted molar refractivity (Wildman–Crippen MR) is 422 cm³/mol. The van der Waals surface area contributed by atoms with E-state index < -0.39 is 208 Å². The van der Waals surface area contributed by atoms with Gasteiger partial charge in [-0.15, -0.1) is 0 Å². The highest BCUT2D eigenvalue weighted by molar-refractivity contribution is 7.47. The molecule has 5 fully saturated rings. The molecule has 5 saturated heterocycles. The lowest BCUT2D eigenvalue weighted by Gasteiger charge is -2.41. The molecular formula is C79H139N3O35P2. The van der Waals surface area contributed by atoms with Crippen LogP contribution in [-0.4, -0.2) is 324 Å². The summed E-state index contributed by atoms with van der Waals surface area (Å²) in [4.78, 5) is 129. The van der Waals surface area contributed by atoms with Crippen molar-refractivity contribution in [2.45, 2.75) is 318 Å². The van der Waals surface area contributed by atoms with Crippen LogP contribution in [0.2, 0.25) is 0 Å². The fourth-order valence-electron chi connectivity index (χ4n) is 14.7. The van der Waals surface area contributed by atoms with Gasteiger partial charge < -0.3 is 119 Å². The fourth-order valence-corrected chi connectivity index (χ4v) is 16.3. The summed E-state index contributed by atoms with van der Waals surface area (Å²) in [5, 5.41) is 96.0. The largest absolute Gasteiger partial charge is 0.472 e. The highest BCUT2D eigenvalue weighted by atomic mass is 31.2. The first-order valence-electron chi connectivity index (χ1n) is 42.4. The maximum atomic E-state index is 14.4. The summed E-state index contributed by atoms with van der Waals surface area (Å²) in [7, 11) is -8.51. The number of phosphoric ester groups is 2. The summed E-state index contributed by atoms with van der Waals surface area (Å²) in [5.41, 5.74) is -1.69. The number of ketones is 5. The number of hydrogen-bond acceptors (Lipinski definition) is 33. The van der Waals surface area contributed by atoms with E-state index in [9.17, 15) is 103 Å². The number of carbonyl (C=O) groups excluding carboxylic acids is 8. The molecule has 38 nitrogen and oxygen atoms in total. The van der Waals surface area contributed by atoms with Crippen LogP contribution in [-0.2, 0) is 113 Å². The number of unbranched alkanes of at least 4 members (excludes halogenated alkanes) is 8. The predicted octanol–water partition coefficient (Wildman–Crippen LogP) is 2.95. The Balaban J connectivity index is 1.17. The second kappa shape index (κ2) is 56.3. The van der Waals surface area contributed by atoms with Crippen LogP contribution >= 0.6 is 15.6 Å². The molecule has 5 aliphatic heterocycles. The Morgan fingerprint density at radius 1 is 0.437 bits per heavy atom. The number of aliphatic hydroxyl groups excluding tert-OH is 9. The Hall–Kier alpha value is -3.78. The van der Waals surface area contributed by atoms with E-state index in [4.69, 9.17) is 60.9 Å². The minimum absolute atomic E-state index is 0.0143. The molecule has 0 aromatic heterocycles. The third-order valence-corrected chi connectivity index (χ3v) is 24.4. The van der Waals surface area contributed by atoms with E-state index in [-0.39, 0.29) is 145 Å². The second-order valence-corrected chi connectivity index (χ2v) is 35.1. The van der Waals surface area contributed by atoms with Crippen molar-refractivity contribution in [3.63, 3.8) is 0 Å². The van der Waals surface area contributed by atoms with Gasteiger partial charge in [-0.3, -0.25) is 56.5 Å². The first kappa shape index (κ1) is 106. The van der Waals surface area contributed by atoms with E-state index in [0.717, 1.165) is 12.0 Å². The topological polar surface area (TPSA) is 550 Å². The van der Waals surface area contributed by atoms with E-state index in [1.165, 1.54) is 0 Å². The Morgan fingerprint density at radius 3 is 1.29 bits per heavy atom. The van der Waals surface area contributed by atoms with Crippen molar-refractivity contribution in [2.75, 3.05) is 113 Å². The van der Waals surface area contributed by atoms with Gasteiger partial charge in [0.05, 0.1) is 109 Å². The van der Waals surface area contributed by atoms with Crippen molar-refractivity contribution in [1.29, 1.82) is 0 Å². The standard InChI is InChI=1S/C79H139N3O35P2/c1-51-39-63(117-118(100,101)104-6)67(112-51)47-111-119(102,103)116-62-40-56(43-83)82(42-62)70(94)41-69(93)81-79(48-105-36-29-60(90)23-11-7-9-21-57(87)26-14-18-33-108-76-53(3)52(2)71(95)64(44-84)113-76,49-106-37-30-61(91)24-12-8-10-22-58(88)27-15-19-34-109-77-54(4)72(96)74(98)65(45-85)114-77)50-107-38-31-68(92)80-32-17-13-25-59(89)28-16-20-35-110-78-55(5)73(97)75(99)66(46-86)115-78/h51-56,62-67,71-78,83-86,95-99H,7-50H2,1-6H3,(H,80,92)(H,81,93)(H,100,101)(H,102,103)/t51-,52+,53?,54?,55?,56-,62+,63?,64?,65?,66?,67+,71+,72+,73+,74-,75-,76+,77+,78+,79?/m0/s1. The Kier molecular flexibility index (Phi) is 50.1. The number of phosphoric acid groups is 2. The van der Waals surface area contributed by atoms with Gasteiger partial charge in [-0.25, -0.2) is 9.13 Å². The van der Waals surface area contributed by atoms with Crippen LogP contribution < -0.4 is 10.6 Å². The monoisotopic (exact) mass is 1750 g/mol. The van der Waals surface area contributed by atoms with Crippen molar-refractivity contribution >= 4 is 62.3 Å². The van der Waals surface area contributed by atoms with Crippen LogP contribution in [0.5, 0.6) is 0 Å². The summed E-state index contributed by atoms with van der Waals surface area (Å²) in [6, 6.07) is -1.02. The van der Waals surface area contributed by atoms with Gasteiger partial charge >= 0.3 is 15.6 Å². The minimum Gasteiger partial charge on any atom is -0.394 e. The van der Waals surface area contributed by atoms with Gasteiger partial charge in [-0.05, 0) is 96.3 Å². The van der Waals surface area contributed by atoms with Crippen molar-refractivity contribution in [2.24, 2.45) is 23.7 Å². The molecule has 0 aromatic carbocycles. The summed E-state index contributed by atoms with van der Waals surface area (Å²) >= 11 is 0. The van der Waals surface area contributed by atoms with Gasteiger partial charge in [0.1, 0.15) is 83.6 Å². The van der Waals surface area contributed by atoms with Crippen molar-refractivity contribution in [1.82, 2.24) is 15.5 Å². The number of likely N-dealkylation sites (tertiary alicyclic amines) is 1. The molecule has 23 atom stereocenters. The second-order valence-electron chi connectivity index (χ2n) is 32.2. The molecule has 0 spiro atoms. The van der Waals surface area contributed by atoms with Crippen LogP contribution in [0, 0.1) is 23.7 Å². The van der Waals surface area contributed by atoms with Gasteiger partial charge in [0.25, 0.3) is 0 Å². The molecule has 0 saturated carbocycles. The molecule has 0 aromatic rings. The summed E-state index contributed by atoms with van der Waals surface area (Å²) in [6.07, 6.45) is -6.02. The SMILES string of the molecule is COP(=O)(O)OC1C[C@H](C)O[C@@H]1COP(=O)(O)O[C@@H]1C[C@@H](CO)N(C(=O)CC(=O)NC(COCCC(=O)CCCCCC(=O)CCCCO[C@@H]2OC(CO)[C@H](O)[C@H](C)C2C)(COCCC(=O)CCCCCC(=O)CCCCO[C@@H]2OC(CO)[C@H](O)[C@H](O)C2C)COCCC(=O)NCCCCC(=O)CCCCO[C@@H]2OC(CO)[C@H](O)[C@H](O)C2C)C1. The number of ether oxygens (including phenoxy) is 10. The van der Waals surface area contributed by atoms with Crippen molar-refractivity contribution in [3.05, 3.63) is 0 Å². The lowest BCUT2D eigenvalue weighted by molar-refractivity contribution is -0.282. The quantitative estimate of drug-likeness (QED) is 0.0236. The number of rotatable bonds is 65. The molecule has 0 aliphatic carbocycles. The van der Waals surface area contributed by atoms with Crippen LogP contribution in [0.1, 0.15) is 214 Å². The van der Waals surface area contributed by atoms with Crippen molar-refractivity contribution in [3.8, 4) is 0 Å². The highest BCUT2D eigenvalue weighted by Crippen LogP contribution is 2.50. The molecule has 13 N–H and O–H groups in total. The van der Waals surface area contributed by atoms with Crippen LogP contribution in [0.4, 0.5) is 0 Å². The molecule has 690 valence electrons. The molecule has 5 aliphatic rings. The molecule has 0 radical (unpaired) electrons. The number of nitrogens with one attached hydrogen (secondary N) is 2. The molecule has 0 bridgehead atoms. The fraction of sp³-hybridized carbons (Fsp3) is 0.899. The molecular weight excluding hydrogens is 1610 g/mol. The molecule has 10 unspecified atom stereocenters. The van der Waals surface area contributed by atoms with Crippen LogP contribution in [0.3, 0.4) is 0 Å². The summed E-state index contributed by atoms with van der Waals surface area (Å²) < 4.78 is 104. The molecule has 40 heteroatoms. The number of amides is 3. The number of Topliss-reactive ketones (excluding diaryl/α,β-unsaturated/α-hetero) is 5. The first-order chi connectivity index (χ1) is 56.7. The zero-order chi connectivity index (χ0) is 87.7. The number of nitrogens with zero attached hydrogens (tertiary/aromatic N) is 1. The number of aliphatic hydroxyl groups is 9. The molecule has 3 amide bonds. The average molecular weight is 1750 g/mol. The average Bonchev–Trinajstić information content (AvgIpc) is 1.78. The van der Waals surface area contributed by atoms with E-state index in [2.05, 4.69) is 15.2 Å². The third-order valence-electron chi connectivity index (χ3n) is 22.3. The van der Waals surface area contributed by atoms with Gasteiger partial charge in [-0.1, -0.05) is 40.5 Å². The number of hydrogen-bond donors (Lipinski definition) is 13. The summed E-state index contributed by atoms with van der Waals surface area (Å²) in [5.74, 6) is -3.70. The highest BCUT2D eigenvalue weighted by Gasteiger charge is 2.47. The maximum absolute atomic E-state index is 14.4. The Labute approximate surface area is 698 Å². The zero-order valence-electron chi connectivity index (χ0n) is 70.2. The van der Waals surface area contributed by atoms with Crippen LogP contribution in [0.25, 0.3) is 0 Å². The molecule has 5 heterocycles. The summed E-state index contributed by atoms with van der Waals surface area (Å²) in [6.45, 7) is 5.00. The normalized spacial score (nSPS) is 29.4. The first-order valence-corrected chi connectivity index (χ1v) is 45.4. The van der Waals surface area contributed by atoms with Crippen LogP contribution in [0.15, 0.2) is 0 Å². The van der Waals surface area contributed by atoms with Crippen molar-refractivity contribution < 1.29 is 169 Å². The van der Waals surface area contributed by atoms with Gasteiger partial charge in [0, 0.05) is 135 Å². The minimum atomic E-state index is -4.98. The van der Waals surface area contributed by atoms with Gasteiger partial charge in [0.15, 0.2) is 18.9 Å². The maximum Gasteiger partial charge on any atom is 0.472 e. The lowest BCUT2D eigenvalue weighted by atomic mass is 9.85. The molecule has 5 rings (SSSR count). The Bertz CT molecular complexity index is 2880. The zero-order valence-corrected chi connectivity index (χ0v) is 72.0.